The molecule has 2 N–H and O–H groups in total. The van der Waals surface area contributed by atoms with Crippen LogP contribution >= 0.6 is 11.6 Å². The van der Waals surface area contributed by atoms with Gasteiger partial charge in [0.25, 0.3) is 0 Å². The van der Waals surface area contributed by atoms with Crippen molar-refractivity contribution < 1.29 is 4.79 Å². The van der Waals surface area contributed by atoms with E-state index in [4.69, 9.17) is 11.6 Å². The first-order valence-corrected chi connectivity index (χ1v) is 7.32. The standard InChI is InChI=1S/C17H19ClN2O/c1-12(2)15-5-3-4-6-16(15)19-11-17(21)20-14-9-7-13(18)8-10-14/h3-10,12,19H,11H2,1-2H3,(H,20,21). The minimum absolute atomic E-state index is 0.0871. The molecule has 2 aromatic rings. The third-order valence-corrected chi connectivity index (χ3v) is 3.40. The zero-order valence-electron chi connectivity index (χ0n) is 12.2. The normalized spacial score (nSPS) is 10.5. The summed E-state index contributed by atoms with van der Waals surface area (Å²) in [5, 5.41) is 6.67. The highest BCUT2D eigenvalue weighted by Crippen LogP contribution is 2.23. The molecule has 0 aliphatic heterocycles. The Labute approximate surface area is 130 Å². The molecule has 0 saturated carbocycles. The molecule has 21 heavy (non-hydrogen) atoms. The number of carbonyl (C=O) groups excluding carboxylic acids is 1. The molecule has 0 heterocycles. The Balaban J connectivity index is 1.94. The highest BCUT2D eigenvalue weighted by Gasteiger charge is 2.07. The number of carbonyl (C=O) groups is 1. The van der Waals surface area contributed by atoms with Gasteiger partial charge in [-0.1, -0.05) is 43.6 Å². The Hall–Kier alpha value is -2.00. The Morgan fingerprint density at radius 1 is 1.10 bits per heavy atom. The van der Waals surface area contributed by atoms with Crippen LogP contribution in [0.4, 0.5) is 11.4 Å². The summed E-state index contributed by atoms with van der Waals surface area (Å²) in [5.41, 5.74) is 2.94. The van der Waals surface area contributed by atoms with Crippen molar-refractivity contribution in [2.75, 3.05) is 17.2 Å². The van der Waals surface area contributed by atoms with Gasteiger partial charge in [-0.05, 0) is 41.8 Å². The average molecular weight is 303 g/mol. The zero-order chi connectivity index (χ0) is 15.2. The van der Waals surface area contributed by atoms with Crippen molar-refractivity contribution in [1.29, 1.82) is 0 Å². The number of rotatable bonds is 5. The fraction of sp³-hybridized carbons (Fsp3) is 0.235. The summed E-state index contributed by atoms with van der Waals surface area (Å²) in [7, 11) is 0. The fourth-order valence-corrected chi connectivity index (χ4v) is 2.20. The molecular formula is C17H19ClN2O. The highest BCUT2D eigenvalue weighted by atomic mass is 35.5. The summed E-state index contributed by atoms with van der Waals surface area (Å²) >= 11 is 5.81. The van der Waals surface area contributed by atoms with Gasteiger partial charge in [-0.25, -0.2) is 0 Å². The topological polar surface area (TPSA) is 41.1 Å². The third-order valence-electron chi connectivity index (χ3n) is 3.15. The molecule has 0 saturated heterocycles. The smallest absolute Gasteiger partial charge is 0.243 e. The molecule has 2 rings (SSSR count). The van der Waals surface area contributed by atoms with E-state index in [1.54, 1.807) is 24.3 Å². The maximum absolute atomic E-state index is 11.9. The molecule has 0 unspecified atom stereocenters. The van der Waals surface area contributed by atoms with Gasteiger partial charge in [-0.3, -0.25) is 4.79 Å². The number of para-hydroxylation sites is 1. The lowest BCUT2D eigenvalue weighted by atomic mass is 10.0. The molecule has 0 bridgehead atoms. The Kier molecular flexibility index (Phi) is 5.23. The zero-order valence-corrected chi connectivity index (χ0v) is 12.9. The van der Waals surface area contributed by atoms with Crippen LogP contribution in [0.5, 0.6) is 0 Å². The van der Waals surface area contributed by atoms with Gasteiger partial charge >= 0.3 is 0 Å². The van der Waals surface area contributed by atoms with Gasteiger partial charge in [-0.15, -0.1) is 0 Å². The van der Waals surface area contributed by atoms with Crippen molar-refractivity contribution in [2.45, 2.75) is 19.8 Å². The number of nitrogens with one attached hydrogen (secondary N) is 2. The lowest BCUT2D eigenvalue weighted by molar-refractivity contribution is -0.114. The summed E-state index contributed by atoms with van der Waals surface area (Å²) in [4.78, 5) is 11.9. The monoisotopic (exact) mass is 302 g/mol. The van der Waals surface area contributed by atoms with Crippen LogP contribution in [0.25, 0.3) is 0 Å². The SMILES string of the molecule is CC(C)c1ccccc1NCC(=O)Nc1ccc(Cl)cc1. The lowest BCUT2D eigenvalue weighted by Gasteiger charge is -2.14. The van der Waals surface area contributed by atoms with Gasteiger partial charge < -0.3 is 10.6 Å². The van der Waals surface area contributed by atoms with E-state index in [9.17, 15) is 4.79 Å². The molecule has 2 aromatic carbocycles. The van der Waals surface area contributed by atoms with Gasteiger partial charge in [0.2, 0.25) is 5.91 Å². The summed E-state index contributed by atoms with van der Waals surface area (Å²) in [6.45, 7) is 4.49. The molecule has 110 valence electrons. The highest BCUT2D eigenvalue weighted by molar-refractivity contribution is 6.30. The number of halogens is 1. The Bertz CT molecular complexity index is 608. The summed E-state index contributed by atoms with van der Waals surface area (Å²) in [5.74, 6) is 0.323. The maximum Gasteiger partial charge on any atom is 0.243 e. The lowest BCUT2D eigenvalue weighted by Crippen LogP contribution is -2.22. The van der Waals surface area contributed by atoms with E-state index in [1.165, 1.54) is 5.56 Å². The molecule has 3 nitrogen and oxygen atoms in total. The summed E-state index contributed by atoms with van der Waals surface area (Å²) in [6, 6.07) is 15.1. The molecule has 0 radical (unpaired) electrons. The van der Waals surface area contributed by atoms with Crippen molar-refractivity contribution in [3.8, 4) is 0 Å². The van der Waals surface area contributed by atoms with Crippen molar-refractivity contribution in [3.05, 3.63) is 59.1 Å². The second kappa shape index (κ2) is 7.14. The summed E-state index contributed by atoms with van der Waals surface area (Å²) < 4.78 is 0. The van der Waals surface area contributed by atoms with Crippen molar-refractivity contribution >= 4 is 28.9 Å². The van der Waals surface area contributed by atoms with Crippen LogP contribution in [-0.4, -0.2) is 12.5 Å². The molecular weight excluding hydrogens is 284 g/mol. The van der Waals surface area contributed by atoms with Crippen molar-refractivity contribution in [2.24, 2.45) is 0 Å². The first-order valence-electron chi connectivity index (χ1n) is 6.94. The molecule has 0 aliphatic rings. The molecule has 4 heteroatoms. The van der Waals surface area contributed by atoms with E-state index in [1.807, 2.05) is 18.2 Å². The predicted octanol–water partition coefficient (Wildman–Crippen LogP) is 4.51. The first-order chi connectivity index (χ1) is 10.1. The van der Waals surface area contributed by atoms with E-state index in [-0.39, 0.29) is 12.5 Å². The van der Waals surface area contributed by atoms with Crippen LogP contribution in [0, 0.1) is 0 Å². The fourth-order valence-electron chi connectivity index (χ4n) is 2.08. The predicted molar refractivity (Wildman–Crippen MR) is 89.1 cm³/mol. The van der Waals surface area contributed by atoms with Gasteiger partial charge in [0.05, 0.1) is 6.54 Å². The maximum atomic E-state index is 11.9. The minimum atomic E-state index is -0.0871. The third kappa shape index (κ3) is 4.50. The minimum Gasteiger partial charge on any atom is -0.376 e. The van der Waals surface area contributed by atoms with E-state index in [0.29, 0.717) is 10.9 Å². The summed E-state index contributed by atoms with van der Waals surface area (Å²) in [6.07, 6.45) is 0. The van der Waals surface area contributed by atoms with Crippen LogP contribution in [0.3, 0.4) is 0 Å². The number of hydrogen-bond donors (Lipinski definition) is 2. The quantitative estimate of drug-likeness (QED) is 0.853. The molecule has 0 aromatic heterocycles. The van der Waals surface area contributed by atoms with Crippen LogP contribution < -0.4 is 10.6 Å². The molecule has 0 fully saturated rings. The van der Waals surface area contributed by atoms with Gasteiger partial charge in [0, 0.05) is 16.4 Å². The van der Waals surface area contributed by atoms with Crippen molar-refractivity contribution in [3.63, 3.8) is 0 Å². The number of amides is 1. The second-order valence-electron chi connectivity index (χ2n) is 5.15. The van der Waals surface area contributed by atoms with Crippen LogP contribution in [0.1, 0.15) is 25.3 Å². The van der Waals surface area contributed by atoms with E-state index < -0.39 is 0 Å². The second-order valence-corrected chi connectivity index (χ2v) is 5.59. The van der Waals surface area contributed by atoms with Crippen LogP contribution in [0.15, 0.2) is 48.5 Å². The van der Waals surface area contributed by atoms with E-state index >= 15 is 0 Å². The van der Waals surface area contributed by atoms with Crippen LogP contribution in [-0.2, 0) is 4.79 Å². The average Bonchev–Trinajstić information content (AvgIpc) is 2.48. The molecule has 1 amide bonds. The first kappa shape index (κ1) is 15.4. The Morgan fingerprint density at radius 2 is 1.76 bits per heavy atom. The Morgan fingerprint density at radius 3 is 2.43 bits per heavy atom. The molecule has 0 aliphatic carbocycles. The molecule has 0 spiro atoms. The van der Waals surface area contributed by atoms with Gasteiger partial charge in [-0.2, -0.15) is 0 Å². The van der Waals surface area contributed by atoms with Gasteiger partial charge in [0.15, 0.2) is 0 Å². The van der Waals surface area contributed by atoms with Crippen LogP contribution in [0.2, 0.25) is 5.02 Å². The number of benzene rings is 2. The molecule has 0 atom stereocenters. The van der Waals surface area contributed by atoms with E-state index in [2.05, 4.69) is 30.5 Å². The number of anilines is 2. The largest absolute Gasteiger partial charge is 0.376 e. The van der Waals surface area contributed by atoms with E-state index in [0.717, 1.165) is 11.4 Å². The van der Waals surface area contributed by atoms with Gasteiger partial charge in [0.1, 0.15) is 0 Å². The number of hydrogen-bond acceptors (Lipinski definition) is 2. The van der Waals surface area contributed by atoms with Crippen molar-refractivity contribution in [1.82, 2.24) is 0 Å².